The molecule has 2 heteroatoms. The number of hydroxylamine groups is 2. The molecule has 0 radical (unpaired) electrons. The molecule has 1 aliphatic rings. The maximum Gasteiger partial charge on any atom is 0.0642 e. The molecule has 1 heterocycles. The van der Waals surface area contributed by atoms with E-state index in [1.54, 1.807) is 7.11 Å². The Morgan fingerprint density at radius 1 is 1.15 bits per heavy atom. The van der Waals surface area contributed by atoms with Gasteiger partial charge in [-0.25, -0.2) is 0 Å². The van der Waals surface area contributed by atoms with Crippen molar-refractivity contribution in [2.45, 2.75) is 64.5 Å². The van der Waals surface area contributed by atoms with Crippen molar-refractivity contribution in [2.24, 2.45) is 0 Å². The summed E-state index contributed by atoms with van der Waals surface area (Å²) in [7, 11) is 1.77. The van der Waals surface area contributed by atoms with Gasteiger partial charge in [-0.05, 0) is 27.2 Å². The van der Waals surface area contributed by atoms with Crippen LogP contribution in [-0.2, 0) is 4.84 Å². The molecule has 0 amide bonds. The van der Waals surface area contributed by atoms with E-state index in [1.807, 2.05) is 0 Å². The van der Waals surface area contributed by atoms with Gasteiger partial charge < -0.3 is 4.84 Å². The lowest BCUT2D eigenvalue weighted by molar-refractivity contribution is -0.0731. The molecule has 78 valence electrons. The average Bonchev–Trinajstić information content (AvgIpc) is 2.46. The van der Waals surface area contributed by atoms with Crippen molar-refractivity contribution in [1.82, 2.24) is 5.06 Å². The monoisotopic (exact) mass is 185 g/mol. The molecule has 2 unspecified atom stereocenters. The van der Waals surface area contributed by atoms with Gasteiger partial charge in [0.05, 0.1) is 18.2 Å². The molecule has 0 aromatic rings. The van der Waals surface area contributed by atoms with Crippen LogP contribution >= 0.6 is 0 Å². The van der Waals surface area contributed by atoms with Crippen LogP contribution in [0.5, 0.6) is 0 Å². The van der Waals surface area contributed by atoms with Crippen molar-refractivity contribution in [3.05, 3.63) is 0 Å². The first-order valence-electron chi connectivity index (χ1n) is 5.35. The average molecular weight is 185 g/mol. The molecular weight excluding hydrogens is 162 g/mol. The normalized spacial score (nSPS) is 36.2. The summed E-state index contributed by atoms with van der Waals surface area (Å²) in [5.41, 5.74) is 0.506. The minimum Gasteiger partial charge on any atom is -0.301 e. The summed E-state index contributed by atoms with van der Waals surface area (Å²) in [6.45, 7) is 9.05. The van der Waals surface area contributed by atoms with Crippen LogP contribution in [0, 0.1) is 0 Å². The third-order valence-corrected chi connectivity index (χ3v) is 3.67. The lowest BCUT2D eigenvalue weighted by Gasteiger charge is -2.10. The van der Waals surface area contributed by atoms with E-state index in [0.29, 0.717) is 0 Å². The lowest BCUT2D eigenvalue weighted by atomic mass is 9.92. The predicted molar refractivity (Wildman–Crippen MR) is 55.5 cm³/mol. The Kier molecular flexibility index (Phi) is 3.03. The zero-order valence-electron chi connectivity index (χ0n) is 9.68. The van der Waals surface area contributed by atoms with Crippen LogP contribution in [0.15, 0.2) is 0 Å². The Morgan fingerprint density at radius 3 is 2.15 bits per heavy atom. The zero-order valence-corrected chi connectivity index (χ0v) is 9.68. The molecule has 2 nitrogen and oxygen atoms in total. The van der Waals surface area contributed by atoms with Gasteiger partial charge in [-0.3, -0.25) is 0 Å². The van der Waals surface area contributed by atoms with Crippen LogP contribution in [0.1, 0.15) is 53.4 Å². The molecule has 1 fully saturated rings. The summed E-state index contributed by atoms with van der Waals surface area (Å²) in [5, 5.41) is 2.12. The standard InChI is InChI=1S/C11H23NO/c1-6-7-8-9-11(4)10(2,3)12(11)13-5/h6-9H2,1-5H3. The quantitative estimate of drug-likeness (QED) is 0.482. The van der Waals surface area contributed by atoms with Crippen molar-refractivity contribution in [1.29, 1.82) is 0 Å². The first-order valence-corrected chi connectivity index (χ1v) is 5.35. The topological polar surface area (TPSA) is 12.2 Å². The van der Waals surface area contributed by atoms with Crippen LogP contribution in [0.25, 0.3) is 0 Å². The number of rotatable bonds is 5. The van der Waals surface area contributed by atoms with Gasteiger partial charge in [0.15, 0.2) is 0 Å². The largest absolute Gasteiger partial charge is 0.301 e. The van der Waals surface area contributed by atoms with Crippen molar-refractivity contribution in [3.8, 4) is 0 Å². The van der Waals surface area contributed by atoms with Gasteiger partial charge in [0.25, 0.3) is 0 Å². The molecule has 0 bridgehead atoms. The molecule has 0 saturated carbocycles. The Balaban J connectivity index is 2.41. The number of hydrogen-bond donors (Lipinski definition) is 0. The molecule has 13 heavy (non-hydrogen) atoms. The predicted octanol–water partition coefficient (Wildman–Crippen LogP) is 2.98. The highest BCUT2D eigenvalue weighted by Gasteiger charge is 2.66. The summed E-state index contributed by atoms with van der Waals surface area (Å²) in [6, 6.07) is 0. The van der Waals surface area contributed by atoms with Gasteiger partial charge in [-0.1, -0.05) is 26.2 Å². The third-order valence-electron chi connectivity index (χ3n) is 3.67. The first-order chi connectivity index (χ1) is 6.00. The highest BCUT2D eigenvalue weighted by Crippen LogP contribution is 2.53. The molecule has 0 N–H and O–H groups in total. The summed E-state index contributed by atoms with van der Waals surface area (Å²) in [4.78, 5) is 5.36. The molecule has 1 aliphatic heterocycles. The Hall–Kier alpha value is -0.0800. The molecule has 1 saturated heterocycles. The maximum absolute atomic E-state index is 5.36. The second kappa shape index (κ2) is 3.58. The zero-order chi connectivity index (χ0) is 10.1. The number of nitrogens with zero attached hydrogens (tertiary/aromatic N) is 1. The molecule has 0 spiro atoms. The van der Waals surface area contributed by atoms with E-state index in [2.05, 4.69) is 32.8 Å². The molecule has 0 aliphatic carbocycles. The fourth-order valence-electron chi connectivity index (χ4n) is 2.33. The molecule has 1 rings (SSSR count). The maximum atomic E-state index is 5.36. The lowest BCUT2D eigenvalue weighted by Crippen LogP contribution is -2.16. The van der Waals surface area contributed by atoms with Crippen LogP contribution in [0.4, 0.5) is 0 Å². The van der Waals surface area contributed by atoms with E-state index in [-0.39, 0.29) is 11.1 Å². The fourth-order valence-corrected chi connectivity index (χ4v) is 2.33. The summed E-state index contributed by atoms with van der Waals surface area (Å²) >= 11 is 0. The van der Waals surface area contributed by atoms with Crippen LogP contribution in [-0.4, -0.2) is 23.3 Å². The Labute approximate surface area is 82.2 Å². The highest BCUT2D eigenvalue weighted by atomic mass is 16.7. The number of unbranched alkanes of at least 4 members (excludes halogenated alkanes) is 2. The van der Waals surface area contributed by atoms with Gasteiger partial charge in [-0.2, -0.15) is 5.06 Å². The SMILES string of the molecule is CCCCCC1(C)N(OC)C1(C)C. The van der Waals surface area contributed by atoms with Crippen LogP contribution < -0.4 is 0 Å². The van der Waals surface area contributed by atoms with Crippen LogP contribution in [0.2, 0.25) is 0 Å². The van der Waals surface area contributed by atoms with E-state index in [9.17, 15) is 0 Å². The third kappa shape index (κ3) is 1.62. The first kappa shape index (κ1) is 11.0. The fraction of sp³-hybridized carbons (Fsp3) is 1.00. The Morgan fingerprint density at radius 2 is 1.77 bits per heavy atom. The van der Waals surface area contributed by atoms with Gasteiger partial charge >= 0.3 is 0 Å². The minimum absolute atomic E-state index is 0.232. The molecule has 0 aromatic heterocycles. The van der Waals surface area contributed by atoms with Crippen molar-refractivity contribution < 1.29 is 4.84 Å². The van der Waals surface area contributed by atoms with E-state index in [4.69, 9.17) is 4.84 Å². The molecular formula is C11H23NO. The smallest absolute Gasteiger partial charge is 0.0642 e. The molecule has 2 atom stereocenters. The number of hydrogen-bond acceptors (Lipinski definition) is 2. The van der Waals surface area contributed by atoms with E-state index < -0.39 is 0 Å². The highest BCUT2D eigenvalue weighted by molar-refractivity contribution is 5.18. The van der Waals surface area contributed by atoms with Crippen molar-refractivity contribution in [2.75, 3.05) is 7.11 Å². The van der Waals surface area contributed by atoms with E-state index >= 15 is 0 Å². The van der Waals surface area contributed by atoms with Crippen molar-refractivity contribution in [3.63, 3.8) is 0 Å². The summed E-state index contributed by atoms with van der Waals surface area (Å²) in [5.74, 6) is 0. The van der Waals surface area contributed by atoms with Gasteiger partial charge in [0.1, 0.15) is 0 Å². The summed E-state index contributed by atoms with van der Waals surface area (Å²) in [6.07, 6.45) is 5.20. The van der Waals surface area contributed by atoms with Crippen LogP contribution in [0.3, 0.4) is 0 Å². The second-order valence-electron chi connectivity index (χ2n) is 4.77. The summed E-state index contributed by atoms with van der Waals surface area (Å²) < 4.78 is 0. The van der Waals surface area contributed by atoms with Crippen molar-refractivity contribution >= 4 is 0 Å². The van der Waals surface area contributed by atoms with Gasteiger partial charge in [0.2, 0.25) is 0 Å². The minimum atomic E-state index is 0.232. The Bertz CT molecular complexity index is 179. The van der Waals surface area contributed by atoms with E-state index in [1.165, 1.54) is 25.7 Å². The molecule has 0 aromatic carbocycles. The van der Waals surface area contributed by atoms with Gasteiger partial charge in [0, 0.05) is 0 Å². The second-order valence-corrected chi connectivity index (χ2v) is 4.77. The van der Waals surface area contributed by atoms with E-state index in [0.717, 1.165) is 0 Å². The van der Waals surface area contributed by atoms with Gasteiger partial charge in [-0.15, -0.1) is 0 Å².